The molecule has 1 N–H and O–H groups in total. The first-order chi connectivity index (χ1) is 13.8. The van der Waals surface area contributed by atoms with Gasteiger partial charge in [0.2, 0.25) is 0 Å². The van der Waals surface area contributed by atoms with Gasteiger partial charge in [0.25, 0.3) is 0 Å². The van der Waals surface area contributed by atoms with E-state index in [0.717, 1.165) is 31.4 Å². The number of nitrogens with one attached hydrogen (secondary N) is 1. The van der Waals surface area contributed by atoms with Crippen LogP contribution in [0.1, 0.15) is 43.4 Å². The zero-order chi connectivity index (χ0) is 21.0. The molecule has 3 rings (SSSR count). The van der Waals surface area contributed by atoms with Crippen LogP contribution >= 0.6 is 34.8 Å². The number of anilines is 1. The normalized spacial score (nSPS) is 19.0. The van der Waals surface area contributed by atoms with E-state index >= 15 is 0 Å². The third-order valence-electron chi connectivity index (χ3n) is 5.05. The molecule has 2 aromatic rings. The summed E-state index contributed by atoms with van der Waals surface area (Å²) in [5.74, 6) is 0.345. The molecular weight excluding hydrogens is 433 g/mol. The monoisotopic (exact) mass is 453 g/mol. The van der Waals surface area contributed by atoms with Gasteiger partial charge in [0.1, 0.15) is 11.5 Å². The molecule has 1 aromatic heterocycles. The molecule has 1 heterocycles. The highest BCUT2D eigenvalue weighted by molar-refractivity contribution is 6.50. The van der Waals surface area contributed by atoms with E-state index in [0.29, 0.717) is 17.2 Å². The third-order valence-corrected chi connectivity index (χ3v) is 5.92. The van der Waals surface area contributed by atoms with Gasteiger partial charge in [0, 0.05) is 23.0 Å². The number of rotatable bonds is 5. The van der Waals surface area contributed by atoms with E-state index < -0.39 is 11.7 Å². The number of ketones is 1. The Bertz CT molecular complexity index is 966. The van der Waals surface area contributed by atoms with Crippen LogP contribution in [0, 0.1) is 12.8 Å². The van der Waals surface area contributed by atoms with Crippen LogP contribution in [0.15, 0.2) is 45.6 Å². The maximum atomic E-state index is 12.8. The molecule has 4 nitrogen and oxygen atoms in total. The van der Waals surface area contributed by atoms with Crippen molar-refractivity contribution in [3.05, 3.63) is 68.2 Å². The Morgan fingerprint density at radius 2 is 1.90 bits per heavy atom. The van der Waals surface area contributed by atoms with E-state index in [-0.39, 0.29) is 27.3 Å². The number of hydrogen-bond donors (Lipinski definition) is 1. The minimum atomic E-state index is -0.603. The Morgan fingerprint density at radius 1 is 1.17 bits per heavy atom. The first kappa shape index (κ1) is 21.9. The fraction of sp³-hybridized carbons (Fsp3) is 0.364. The molecule has 0 radical (unpaired) electrons. The van der Waals surface area contributed by atoms with E-state index in [4.69, 9.17) is 39.2 Å². The Kier molecular flexibility index (Phi) is 7.44. The summed E-state index contributed by atoms with van der Waals surface area (Å²) in [4.78, 5) is 25.1. The predicted octanol–water partition coefficient (Wildman–Crippen LogP) is 6.46. The molecule has 1 saturated carbocycles. The van der Waals surface area contributed by atoms with Gasteiger partial charge in [-0.15, -0.1) is 0 Å². The van der Waals surface area contributed by atoms with Crippen LogP contribution in [0.25, 0.3) is 5.03 Å². The summed E-state index contributed by atoms with van der Waals surface area (Å²) in [7, 11) is 0. The molecule has 29 heavy (non-hydrogen) atoms. The summed E-state index contributed by atoms with van der Waals surface area (Å²) < 4.78 is 5.14. The van der Waals surface area contributed by atoms with Crippen LogP contribution in [0.2, 0.25) is 10.0 Å². The molecule has 0 aliphatic heterocycles. The van der Waals surface area contributed by atoms with Crippen molar-refractivity contribution < 1.29 is 9.21 Å². The van der Waals surface area contributed by atoms with E-state index in [1.54, 1.807) is 31.2 Å². The highest BCUT2D eigenvalue weighted by Gasteiger charge is 2.29. The molecule has 1 aliphatic carbocycles. The Labute approximate surface area is 184 Å². The average Bonchev–Trinajstić information content (AvgIpc) is 2.86. The van der Waals surface area contributed by atoms with Crippen molar-refractivity contribution in [2.75, 3.05) is 5.32 Å². The fourth-order valence-electron chi connectivity index (χ4n) is 3.59. The number of benzene rings is 1. The van der Waals surface area contributed by atoms with Gasteiger partial charge in [-0.3, -0.25) is 4.79 Å². The number of carbonyl (C=O) groups excluding carboxylic acids is 1. The molecule has 1 aliphatic rings. The molecule has 1 fully saturated rings. The molecule has 154 valence electrons. The van der Waals surface area contributed by atoms with Gasteiger partial charge in [-0.25, -0.2) is 4.79 Å². The van der Waals surface area contributed by atoms with Gasteiger partial charge in [-0.2, -0.15) is 0 Å². The minimum absolute atomic E-state index is 0.0999. The summed E-state index contributed by atoms with van der Waals surface area (Å²) in [6.07, 6.45) is 5.88. The first-order valence-electron chi connectivity index (χ1n) is 9.58. The molecule has 0 saturated heterocycles. The molecule has 0 amide bonds. The predicted molar refractivity (Wildman–Crippen MR) is 119 cm³/mol. The van der Waals surface area contributed by atoms with E-state index in [1.807, 2.05) is 12.1 Å². The van der Waals surface area contributed by atoms with Gasteiger partial charge in [-0.1, -0.05) is 47.6 Å². The molecule has 0 bridgehead atoms. The Hall–Kier alpha value is -1.75. The third kappa shape index (κ3) is 5.65. The second-order valence-electron chi connectivity index (χ2n) is 7.23. The zero-order valence-electron chi connectivity index (χ0n) is 16.0. The average molecular weight is 455 g/mol. The van der Waals surface area contributed by atoms with Crippen molar-refractivity contribution in [1.29, 1.82) is 0 Å². The van der Waals surface area contributed by atoms with Gasteiger partial charge < -0.3 is 9.73 Å². The lowest BCUT2D eigenvalue weighted by molar-refractivity contribution is -0.122. The van der Waals surface area contributed by atoms with Crippen LogP contribution in [0.5, 0.6) is 0 Å². The van der Waals surface area contributed by atoms with Crippen molar-refractivity contribution >= 4 is 51.3 Å². The maximum absolute atomic E-state index is 12.8. The van der Waals surface area contributed by atoms with Crippen LogP contribution in [0.3, 0.4) is 0 Å². The highest BCUT2D eigenvalue weighted by atomic mass is 35.5. The van der Waals surface area contributed by atoms with Crippen molar-refractivity contribution in [2.24, 2.45) is 5.92 Å². The number of hydrogen-bond acceptors (Lipinski definition) is 4. The molecular formula is C22H22Cl3NO3. The number of halogens is 3. The van der Waals surface area contributed by atoms with Crippen molar-refractivity contribution in [2.45, 2.75) is 45.1 Å². The van der Waals surface area contributed by atoms with Crippen molar-refractivity contribution in [3.63, 3.8) is 0 Å². The fourth-order valence-corrected chi connectivity index (χ4v) is 4.41. The SMILES string of the molecule is Cc1cc(Cl)c(/C(Cl)=C/[C@@H](Nc2ccc(Cl)cc2)[C@H]2CCCCCC2=O)c(=O)o1. The molecule has 1 aromatic carbocycles. The Balaban J connectivity index is 1.99. The van der Waals surface area contributed by atoms with Gasteiger partial charge in [-0.05, 0) is 56.2 Å². The van der Waals surface area contributed by atoms with E-state index in [2.05, 4.69) is 5.32 Å². The second kappa shape index (κ2) is 9.84. The molecule has 0 unspecified atom stereocenters. The lowest BCUT2D eigenvalue weighted by Crippen LogP contribution is -2.33. The summed E-state index contributed by atoms with van der Waals surface area (Å²) in [5.41, 5.74) is 0.302. The quantitative estimate of drug-likeness (QED) is 0.526. The minimum Gasteiger partial charge on any atom is -0.428 e. The summed E-state index contributed by atoms with van der Waals surface area (Å²) in [5, 5.41) is 4.37. The molecule has 0 spiro atoms. The van der Waals surface area contributed by atoms with Gasteiger partial charge in [0.15, 0.2) is 0 Å². The Morgan fingerprint density at radius 3 is 2.59 bits per heavy atom. The summed E-state index contributed by atoms with van der Waals surface area (Å²) in [6.45, 7) is 1.64. The number of aryl methyl sites for hydroxylation is 1. The second-order valence-corrected chi connectivity index (χ2v) is 8.48. The molecule has 2 atom stereocenters. The number of carbonyl (C=O) groups is 1. The lowest BCUT2D eigenvalue weighted by Gasteiger charge is -2.25. The first-order valence-corrected chi connectivity index (χ1v) is 10.7. The van der Waals surface area contributed by atoms with Crippen molar-refractivity contribution in [3.8, 4) is 0 Å². The maximum Gasteiger partial charge on any atom is 0.346 e. The standard InChI is InChI=1S/C22H22Cl3NO3/c1-13-11-17(24)21(22(28)29-13)18(25)12-19(16-5-3-2-4-6-20(16)27)26-15-9-7-14(23)8-10-15/h7-12,16,19,26H,2-6H2,1H3/b18-12-/t16-,19-/m1/s1. The lowest BCUT2D eigenvalue weighted by atomic mass is 9.89. The highest BCUT2D eigenvalue weighted by Crippen LogP contribution is 2.31. The van der Waals surface area contributed by atoms with Crippen LogP contribution in [-0.2, 0) is 4.79 Å². The van der Waals surface area contributed by atoms with Gasteiger partial charge >= 0.3 is 5.63 Å². The topological polar surface area (TPSA) is 59.3 Å². The van der Waals surface area contributed by atoms with Gasteiger partial charge in [0.05, 0.1) is 21.7 Å². The summed E-state index contributed by atoms with van der Waals surface area (Å²) in [6, 6.07) is 8.37. The smallest absolute Gasteiger partial charge is 0.346 e. The largest absolute Gasteiger partial charge is 0.428 e. The van der Waals surface area contributed by atoms with Crippen molar-refractivity contribution in [1.82, 2.24) is 0 Å². The van der Waals surface area contributed by atoms with E-state index in [1.165, 1.54) is 0 Å². The summed E-state index contributed by atoms with van der Waals surface area (Å²) >= 11 is 18.7. The van der Waals surface area contributed by atoms with Crippen LogP contribution in [0.4, 0.5) is 5.69 Å². The van der Waals surface area contributed by atoms with Crippen LogP contribution in [-0.4, -0.2) is 11.8 Å². The number of Topliss-reactive ketones (excluding diaryl/α,β-unsaturated/α-hetero) is 1. The molecule has 7 heteroatoms. The van der Waals surface area contributed by atoms with E-state index in [9.17, 15) is 9.59 Å². The van der Waals surface area contributed by atoms with Crippen LogP contribution < -0.4 is 10.9 Å². The zero-order valence-corrected chi connectivity index (χ0v) is 18.3.